The average Bonchev–Trinajstić information content (AvgIpc) is 2.86. The summed E-state index contributed by atoms with van der Waals surface area (Å²) in [5.74, 6) is -0.644. The third-order valence-corrected chi connectivity index (χ3v) is 3.69. The average molecular weight is 298 g/mol. The van der Waals surface area contributed by atoms with Gasteiger partial charge < -0.3 is 15.7 Å². The molecule has 2 unspecified atom stereocenters. The number of rotatable bonds is 8. The lowest BCUT2D eigenvalue weighted by atomic mass is 10.1. The van der Waals surface area contributed by atoms with Crippen LogP contribution in [0.25, 0.3) is 0 Å². The van der Waals surface area contributed by atoms with E-state index in [9.17, 15) is 9.59 Å². The molecule has 2 amide bonds. The molecule has 0 aliphatic rings. The number of urea groups is 1. The fraction of sp³-hybridized carbons (Fsp3) is 0.571. The van der Waals surface area contributed by atoms with Gasteiger partial charge >= 0.3 is 12.0 Å². The molecule has 20 heavy (non-hydrogen) atoms. The third kappa shape index (κ3) is 7.13. The van der Waals surface area contributed by atoms with Gasteiger partial charge in [-0.25, -0.2) is 4.79 Å². The lowest BCUT2D eigenvalue weighted by Crippen LogP contribution is -2.43. The van der Waals surface area contributed by atoms with Gasteiger partial charge in [-0.2, -0.15) is 11.3 Å². The number of hydrogen-bond acceptors (Lipinski definition) is 3. The normalized spacial score (nSPS) is 13.5. The number of amides is 2. The monoisotopic (exact) mass is 298 g/mol. The number of carbonyl (C=O) groups is 2. The van der Waals surface area contributed by atoms with Crippen molar-refractivity contribution in [3.63, 3.8) is 0 Å². The molecule has 0 fully saturated rings. The van der Waals surface area contributed by atoms with Crippen molar-refractivity contribution in [1.29, 1.82) is 0 Å². The van der Waals surface area contributed by atoms with Crippen molar-refractivity contribution < 1.29 is 14.7 Å². The molecule has 112 valence electrons. The number of carbonyl (C=O) groups excluding carboxylic acids is 1. The van der Waals surface area contributed by atoms with E-state index in [0.717, 1.165) is 6.42 Å². The summed E-state index contributed by atoms with van der Waals surface area (Å²) in [5.41, 5.74) is 1.22. The predicted molar refractivity (Wildman–Crippen MR) is 80.1 cm³/mol. The van der Waals surface area contributed by atoms with Crippen molar-refractivity contribution in [1.82, 2.24) is 10.6 Å². The second-order valence-corrected chi connectivity index (χ2v) is 5.91. The van der Waals surface area contributed by atoms with Crippen LogP contribution < -0.4 is 10.6 Å². The minimum absolute atomic E-state index is 0.0684. The van der Waals surface area contributed by atoms with Gasteiger partial charge in [0, 0.05) is 19.0 Å². The molecular weight excluding hydrogens is 276 g/mol. The van der Waals surface area contributed by atoms with Crippen LogP contribution in [0, 0.1) is 5.92 Å². The maximum absolute atomic E-state index is 11.7. The molecule has 0 aliphatic heterocycles. The van der Waals surface area contributed by atoms with Crippen molar-refractivity contribution in [3.8, 4) is 0 Å². The minimum Gasteiger partial charge on any atom is -0.481 e. The lowest BCUT2D eigenvalue weighted by Gasteiger charge is -2.16. The molecule has 1 rings (SSSR count). The molecule has 6 heteroatoms. The van der Waals surface area contributed by atoms with Crippen molar-refractivity contribution in [2.75, 3.05) is 6.54 Å². The van der Waals surface area contributed by atoms with Crippen LogP contribution >= 0.6 is 11.3 Å². The standard InChI is InChI=1S/C14H22N2O3S/c1-10(3-4-13(17)18)8-15-14(19)16-11(2)7-12-5-6-20-9-12/h5-6,9-11H,3-4,7-8H2,1-2H3,(H,17,18)(H2,15,16,19). The van der Waals surface area contributed by atoms with Crippen LogP contribution in [-0.4, -0.2) is 29.7 Å². The Hall–Kier alpha value is -1.56. The molecule has 0 bridgehead atoms. The lowest BCUT2D eigenvalue weighted by molar-refractivity contribution is -0.137. The predicted octanol–water partition coefficient (Wildman–Crippen LogP) is 2.48. The first-order chi connectivity index (χ1) is 9.47. The van der Waals surface area contributed by atoms with E-state index >= 15 is 0 Å². The molecule has 1 aromatic heterocycles. The first-order valence-corrected chi connectivity index (χ1v) is 7.69. The molecule has 0 aromatic carbocycles. The molecule has 5 nitrogen and oxygen atoms in total. The summed E-state index contributed by atoms with van der Waals surface area (Å²) >= 11 is 1.65. The Bertz CT molecular complexity index is 420. The molecule has 0 saturated carbocycles. The van der Waals surface area contributed by atoms with E-state index in [2.05, 4.69) is 22.1 Å². The van der Waals surface area contributed by atoms with Gasteiger partial charge in [0.2, 0.25) is 0 Å². The quantitative estimate of drug-likeness (QED) is 0.690. The molecule has 0 radical (unpaired) electrons. The van der Waals surface area contributed by atoms with Crippen LogP contribution in [0.3, 0.4) is 0 Å². The van der Waals surface area contributed by atoms with Crippen LogP contribution in [0.4, 0.5) is 4.79 Å². The Morgan fingerprint density at radius 3 is 2.75 bits per heavy atom. The Morgan fingerprint density at radius 1 is 1.40 bits per heavy atom. The first-order valence-electron chi connectivity index (χ1n) is 6.74. The van der Waals surface area contributed by atoms with Gasteiger partial charge in [-0.15, -0.1) is 0 Å². The highest BCUT2D eigenvalue weighted by atomic mass is 32.1. The SMILES string of the molecule is CC(CCC(=O)O)CNC(=O)NC(C)Cc1ccsc1. The van der Waals surface area contributed by atoms with E-state index in [-0.39, 0.29) is 24.4 Å². The van der Waals surface area contributed by atoms with Crippen LogP contribution in [0.1, 0.15) is 32.3 Å². The highest BCUT2D eigenvalue weighted by Crippen LogP contribution is 2.08. The van der Waals surface area contributed by atoms with E-state index < -0.39 is 5.97 Å². The number of aliphatic carboxylic acids is 1. The summed E-state index contributed by atoms with van der Waals surface area (Å²) < 4.78 is 0. The molecule has 0 spiro atoms. The Labute approximate surface area is 123 Å². The van der Waals surface area contributed by atoms with E-state index in [4.69, 9.17) is 5.11 Å². The molecule has 0 saturated heterocycles. The van der Waals surface area contributed by atoms with Crippen LogP contribution in [0.2, 0.25) is 0 Å². The van der Waals surface area contributed by atoms with E-state index in [0.29, 0.717) is 13.0 Å². The maximum atomic E-state index is 11.7. The van der Waals surface area contributed by atoms with Crippen LogP contribution in [-0.2, 0) is 11.2 Å². The second kappa shape index (κ2) is 8.58. The largest absolute Gasteiger partial charge is 0.481 e. The van der Waals surface area contributed by atoms with Crippen molar-refractivity contribution in [2.24, 2.45) is 5.92 Å². The fourth-order valence-electron chi connectivity index (χ4n) is 1.83. The second-order valence-electron chi connectivity index (χ2n) is 5.13. The maximum Gasteiger partial charge on any atom is 0.315 e. The first kappa shape index (κ1) is 16.5. The van der Waals surface area contributed by atoms with Crippen molar-refractivity contribution in [3.05, 3.63) is 22.4 Å². The Kier molecular flexibility index (Phi) is 7.08. The molecular formula is C14H22N2O3S. The fourth-order valence-corrected chi connectivity index (χ4v) is 2.51. The summed E-state index contributed by atoms with van der Waals surface area (Å²) in [7, 11) is 0. The highest BCUT2D eigenvalue weighted by molar-refractivity contribution is 7.07. The van der Waals surface area contributed by atoms with Crippen LogP contribution in [0.15, 0.2) is 16.8 Å². The zero-order valence-corrected chi connectivity index (χ0v) is 12.7. The summed E-state index contributed by atoms with van der Waals surface area (Å²) in [6.45, 7) is 4.38. The smallest absolute Gasteiger partial charge is 0.315 e. The zero-order chi connectivity index (χ0) is 15.0. The summed E-state index contributed by atoms with van der Waals surface area (Å²) in [6, 6.07) is 1.92. The van der Waals surface area contributed by atoms with Gasteiger partial charge in [0.15, 0.2) is 0 Å². The number of nitrogens with one attached hydrogen (secondary N) is 2. The number of carboxylic acid groups (broad SMARTS) is 1. The van der Waals surface area contributed by atoms with Crippen molar-refractivity contribution in [2.45, 2.75) is 39.2 Å². The summed E-state index contributed by atoms with van der Waals surface area (Å²) in [5, 5.41) is 18.3. The number of hydrogen-bond donors (Lipinski definition) is 3. The molecule has 0 aliphatic carbocycles. The highest BCUT2D eigenvalue weighted by Gasteiger charge is 2.10. The molecule has 2 atom stereocenters. The van der Waals surface area contributed by atoms with Gasteiger partial charge in [0.1, 0.15) is 0 Å². The summed E-state index contributed by atoms with van der Waals surface area (Å²) in [6.07, 6.45) is 1.52. The molecule has 3 N–H and O–H groups in total. The van der Waals surface area contributed by atoms with E-state index in [1.54, 1.807) is 11.3 Å². The zero-order valence-electron chi connectivity index (χ0n) is 11.9. The third-order valence-electron chi connectivity index (χ3n) is 2.96. The van der Waals surface area contributed by atoms with Crippen molar-refractivity contribution >= 4 is 23.3 Å². The van der Waals surface area contributed by atoms with Gasteiger partial charge in [-0.05, 0) is 48.1 Å². The number of thiophene rings is 1. The van der Waals surface area contributed by atoms with Gasteiger partial charge in [-0.3, -0.25) is 4.79 Å². The molecule has 1 heterocycles. The van der Waals surface area contributed by atoms with Gasteiger partial charge in [-0.1, -0.05) is 6.92 Å². The minimum atomic E-state index is -0.800. The van der Waals surface area contributed by atoms with E-state index in [1.807, 2.05) is 19.2 Å². The number of carboxylic acids is 1. The van der Waals surface area contributed by atoms with Gasteiger partial charge in [0.25, 0.3) is 0 Å². The topological polar surface area (TPSA) is 78.4 Å². The van der Waals surface area contributed by atoms with Gasteiger partial charge in [0.05, 0.1) is 0 Å². The Balaban J connectivity index is 2.17. The van der Waals surface area contributed by atoms with Crippen LogP contribution in [0.5, 0.6) is 0 Å². The summed E-state index contributed by atoms with van der Waals surface area (Å²) in [4.78, 5) is 22.1. The van der Waals surface area contributed by atoms with E-state index in [1.165, 1.54) is 5.56 Å². The molecule has 1 aromatic rings. The Morgan fingerprint density at radius 2 is 2.15 bits per heavy atom.